The zero-order valence-corrected chi connectivity index (χ0v) is 32.1. The van der Waals surface area contributed by atoms with Gasteiger partial charge in [0, 0.05) is 88.7 Å². The minimum absolute atomic E-state index is 0.258. The van der Waals surface area contributed by atoms with Gasteiger partial charge in [0.15, 0.2) is 0 Å². The number of nitrogens with zero attached hydrogens (tertiary/aromatic N) is 5. The first-order valence-electron chi connectivity index (χ1n) is 19.3. The second kappa shape index (κ2) is 19.1. The molecule has 14 heteroatoms. The largest absolute Gasteiger partial charge is 0.374 e. The highest BCUT2D eigenvalue weighted by atomic mass is 16.2. The van der Waals surface area contributed by atoms with Crippen LogP contribution in [0.2, 0.25) is 0 Å². The van der Waals surface area contributed by atoms with Crippen molar-refractivity contribution in [3.63, 3.8) is 0 Å². The number of anilines is 2. The summed E-state index contributed by atoms with van der Waals surface area (Å²) in [6.07, 6.45) is 8.45. The monoisotopic (exact) mass is 740 g/mol. The van der Waals surface area contributed by atoms with Crippen molar-refractivity contribution in [2.24, 2.45) is 27.6 Å². The summed E-state index contributed by atoms with van der Waals surface area (Å²) in [5.41, 5.74) is 7.86. The van der Waals surface area contributed by atoms with Crippen molar-refractivity contribution in [1.29, 1.82) is 0 Å². The van der Waals surface area contributed by atoms with Gasteiger partial charge in [-0.15, -0.1) is 0 Å². The molecular weight excluding hydrogens is 685 g/mol. The number of nitrogens with one attached hydrogen (secondary N) is 4. The van der Waals surface area contributed by atoms with Gasteiger partial charge in [-0.1, -0.05) is 27.7 Å². The van der Waals surface area contributed by atoms with Gasteiger partial charge < -0.3 is 36.1 Å². The van der Waals surface area contributed by atoms with Crippen LogP contribution in [0.3, 0.4) is 0 Å². The standard InChI is InChI=1S/C40H56N10O4/c1-27(2)13-21-48-25-31(23-33(48)38(52)46-19-11-35-42-15-5-16-43-35)50(40(54)30-9-7-29(8-10-30)37(41)51)32-24-34(49(26-32)22-14-28(3)4)39(53)47-20-12-36-44-17-6-18-45-36/h7-10,23-28H,5-6,11-22H2,1-4H3,(H2,41,51)(H,42,43)(H,44,45)(H,46,52)(H,47,53). The van der Waals surface area contributed by atoms with Gasteiger partial charge in [0.1, 0.15) is 11.4 Å². The first-order chi connectivity index (χ1) is 26.0. The summed E-state index contributed by atoms with van der Waals surface area (Å²) < 4.78 is 3.78. The fourth-order valence-electron chi connectivity index (χ4n) is 6.34. The van der Waals surface area contributed by atoms with Crippen LogP contribution >= 0.6 is 0 Å². The maximum Gasteiger partial charge on any atom is 0.267 e. The number of rotatable bonds is 18. The number of carbonyl (C=O) groups excluding carboxylic acids is 4. The number of amides is 4. The molecule has 2 aliphatic heterocycles. The molecule has 4 heterocycles. The Balaban J connectivity index is 1.51. The van der Waals surface area contributed by atoms with Gasteiger partial charge in [0.2, 0.25) is 5.91 Å². The minimum atomic E-state index is -0.598. The van der Waals surface area contributed by atoms with Crippen LogP contribution in [0, 0.1) is 11.8 Å². The molecule has 2 aliphatic rings. The van der Waals surface area contributed by atoms with Crippen molar-refractivity contribution >= 4 is 46.7 Å². The highest BCUT2D eigenvalue weighted by Gasteiger charge is 2.27. The number of amidine groups is 2. The Morgan fingerprint density at radius 1 is 0.741 bits per heavy atom. The summed E-state index contributed by atoms with van der Waals surface area (Å²) >= 11 is 0. The number of hydrogen-bond acceptors (Lipinski definition) is 8. The number of benzene rings is 1. The van der Waals surface area contributed by atoms with Crippen LogP contribution in [0.5, 0.6) is 0 Å². The van der Waals surface area contributed by atoms with E-state index in [2.05, 4.69) is 58.9 Å². The van der Waals surface area contributed by atoms with Crippen LogP contribution in [0.25, 0.3) is 0 Å². The fraction of sp³-hybridized carbons (Fsp3) is 0.500. The van der Waals surface area contributed by atoms with E-state index in [0.29, 0.717) is 79.2 Å². The molecular formula is C40H56N10O4. The second-order valence-electron chi connectivity index (χ2n) is 14.7. The molecule has 4 amide bonds. The summed E-state index contributed by atoms with van der Waals surface area (Å²) in [6, 6.07) is 9.61. The van der Waals surface area contributed by atoms with Gasteiger partial charge in [-0.25, -0.2) is 0 Å². The SMILES string of the molecule is CC(C)CCn1cc(N(C(=O)c2ccc(C(N)=O)cc2)c2cc(C(=O)NCCC3=NCCCN3)n(CCC(C)C)c2)cc1C(=O)NCCC1=NCCCN1. The zero-order valence-electron chi connectivity index (χ0n) is 32.1. The second-order valence-corrected chi connectivity index (χ2v) is 14.7. The molecule has 0 saturated carbocycles. The van der Waals surface area contributed by atoms with Gasteiger partial charge in [-0.3, -0.25) is 34.1 Å². The molecule has 0 atom stereocenters. The smallest absolute Gasteiger partial charge is 0.267 e. The molecule has 0 aliphatic carbocycles. The average Bonchev–Trinajstić information content (AvgIpc) is 3.79. The highest BCUT2D eigenvalue weighted by Crippen LogP contribution is 2.32. The first-order valence-corrected chi connectivity index (χ1v) is 19.3. The van der Waals surface area contributed by atoms with Gasteiger partial charge in [-0.2, -0.15) is 0 Å². The van der Waals surface area contributed by atoms with Crippen LogP contribution in [-0.4, -0.2) is 83.7 Å². The van der Waals surface area contributed by atoms with Crippen molar-refractivity contribution < 1.29 is 19.2 Å². The van der Waals surface area contributed by atoms with Gasteiger partial charge in [0.25, 0.3) is 17.7 Å². The average molecular weight is 741 g/mol. The lowest BCUT2D eigenvalue weighted by atomic mass is 10.1. The first kappa shape index (κ1) is 39.8. The maximum absolute atomic E-state index is 14.6. The Hall–Kier alpha value is -5.40. The molecule has 290 valence electrons. The topological polar surface area (TPSA) is 180 Å². The molecule has 0 spiro atoms. The predicted molar refractivity (Wildman–Crippen MR) is 213 cm³/mol. The Kier molecular flexibility index (Phi) is 14.1. The normalized spacial score (nSPS) is 14.2. The van der Waals surface area contributed by atoms with E-state index in [1.165, 1.54) is 17.0 Å². The number of carbonyl (C=O) groups is 4. The molecule has 6 N–H and O–H groups in total. The molecule has 14 nitrogen and oxygen atoms in total. The summed E-state index contributed by atoms with van der Waals surface area (Å²) in [4.78, 5) is 64.5. The molecule has 54 heavy (non-hydrogen) atoms. The molecule has 5 rings (SSSR count). The summed E-state index contributed by atoms with van der Waals surface area (Å²) in [5.74, 6) is 1.02. The Bertz CT molecular complexity index is 1740. The third-order valence-electron chi connectivity index (χ3n) is 9.49. The van der Waals surface area contributed by atoms with Crippen molar-refractivity contribution in [1.82, 2.24) is 30.4 Å². The van der Waals surface area contributed by atoms with E-state index >= 15 is 0 Å². The van der Waals surface area contributed by atoms with E-state index in [9.17, 15) is 19.2 Å². The molecule has 0 bridgehead atoms. The van der Waals surface area contributed by atoms with Crippen molar-refractivity contribution in [2.45, 2.75) is 79.3 Å². The van der Waals surface area contributed by atoms with Gasteiger partial charge in [0.05, 0.1) is 23.0 Å². The summed E-state index contributed by atoms with van der Waals surface area (Å²) in [6.45, 7) is 13.7. The van der Waals surface area contributed by atoms with Crippen LogP contribution in [-0.2, 0) is 13.1 Å². The molecule has 1 aromatic carbocycles. The number of aromatic nitrogens is 2. The van der Waals surface area contributed by atoms with Crippen molar-refractivity contribution in [2.75, 3.05) is 44.2 Å². The highest BCUT2D eigenvalue weighted by molar-refractivity contribution is 6.12. The molecule has 3 aromatic rings. The van der Waals surface area contributed by atoms with Gasteiger partial charge in [-0.05, 0) is 73.9 Å². The van der Waals surface area contributed by atoms with E-state index < -0.39 is 11.8 Å². The minimum Gasteiger partial charge on any atom is -0.374 e. The number of aryl methyl sites for hydroxylation is 2. The van der Waals surface area contributed by atoms with E-state index in [1.54, 1.807) is 24.3 Å². The Morgan fingerprint density at radius 2 is 1.19 bits per heavy atom. The van der Waals surface area contributed by atoms with Crippen molar-refractivity contribution in [3.8, 4) is 0 Å². The van der Waals surface area contributed by atoms with Gasteiger partial charge >= 0.3 is 0 Å². The predicted octanol–water partition coefficient (Wildman–Crippen LogP) is 4.48. The van der Waals surface area contributed by atoms with Crippen LogP contribution in [0.1, 0.15) is 108 Å². The number of aliphatic imine (C=N–C) groups is 2. The summed E-state index contributed by atoms with van der Waals surface area (Å²) in [7, 11) is 0. The number of primary amides is 1. The number of hydrogen-bond donors (Lipinski definition) is 5. The third kappa shape index (κ3) is 10.8. The van der Waals surface area contributed by atoms with E-state index in [4.69, 9.17) is 5.73 Å². The number of nitrogens with two attached hydrogens (primary N) is 1. The quantitative estimate of drug-likeness (QED) is 0.128. The third-order valence-corrected chi connectivity index (χ3v) is 9.49. The Morgan fingerprint density at radius 3 is 1.57 bits per heavy atom. The maximum atomic E-state index is 14.6. The molecule has 0 radical (unpaired) electrons. The zero-order chi connectivity index (χ0) is 38.6. The molecule has 0 fully saturated rings. The Labute approximate surface area is 318 Å². The van der Waals surface area contributed by atoms with E-state index in [-0.39, 0.29) is 17.4 Å². The lowest BCUT2D eigenvalue weighted by Crippen LogP contribution is -2.34. The van der Waals surface area contributed by atoms with E-state index in [0.717, 1.165) is 63.5 Å². The van der Waals surface area contributed by atoms with Crippen LogP contribution < -0.4 is 31.9 Å². The van der Waals surface area contributed by atoms with Crippen LogP contribution in [0.4, 0.5) is 11.4 Å². The lowest BCUT2D eigenvalue weighted by molar-refractivity contribution is 0.0936. The van der Waals surface area contributed by atoms with Crippen LogP contribution in [0.15, 0.2) is 58.8 Å². The fourth-order valence-corrected chi connectivity index (χ4v) is 6.34. The molecule has 0 unspecified atom stereocenters. The summed E-state index contributed by atoms with van der Waals surface area (Å²) in [5, 5.41) is 12.7. The molecule has 0 saturated heterocycles. The van der Waals surface area contributed by atoms with E-state index in [1.807, 2.05) is 21.5 Å². The molecule has 2 aromatic heterocycles. The lowest BCUT2D eigenvalue weighted by Gasteiger charge is -2.20. The van der Waals surface area contributed by atoms with Crippen molar-refractivity contribution in [3.05, 3.63) is 71.3 Å².